The van der Waals surface area contributed by atoms with Gasteiger partial charge in [-0.25, -0.2) is 0 Å². The van der Waals surface area contributed by atoms with Crippen LogP contribution in [0.15, 0.2) is 42.1 Å². The van der Waals surface area contributed by atoms with Crippen molar-refractivity contribution in [2.24, 2.45) is 0 Å². The third-order valence-electron chi connectivity index (χ3n) is 4.55. The van der Waals surface area contributed by atoms with Gasteiger partial charge in [-0.2, -0.15) is 4.68 Å². The van der Waals surface area contributed by atoms with E-state index in [0.717, 1.165) is 33.8 Å². The number of Topliss-reactive ketones (excluding diaryl/α,β-unsaturated/α-hetero) is 1. The summed E-state index contributed by atoms with van der Waals surface area (Å²) < 4.78 is 3.78. The fraction of sp³-hybridized carbons (Fsp3) is 0.300. The number of ketones is 1. The lowest BCUT2D eigenvalue weighted by molar-refractivity contribution is 0.102. The molecule has 6 nitrogen and oxygen atoms in total. The van der Waals surface area contributed by atoms with Crippen LogP contribution in [0.2, 0.25) is 0 Å². The van der Waals surface area contributed by atoms with E-state index in [-0.39, 0.29) is 11.5 Å². The topological polar surface area (TPSA) is 65.6 Å². The molecule has 0 atom stereocenters. The van der Waals surface area contributed by atoms with Crippen molar-refractivity contribution >= 4 is 17.5 Å². The summed E-state index contributed by atoms with van der Waals surface area (Å²) in [6, 6.07) is 8.08. The molecule has 0 spiro atoms. The third-order valence-corrected chi connectivity index (χ3v) is 5.47. The van der Waals surface area contributed by atoms with Gasteiger partial charge in [0.2, 0.25) is 5.16 Å². The number of thioether (sulfide) groups is 1. The number of carbonyl (C=O) groups is 1. The van der Waals surface area contributed by atoms with E-state index < -0.39 is 0 Å². The van der Waals surface area contributed by atoms with Gasteiger partial charge in [0.25, 0.3) is 0 Å². The Morgan fingerprint density at radius 3 is 2.74 bits per heavy atom. The number of carbonyl (C=O) groups excluding carboxylic acids is 1. The highest BCUT2D eigenvalue weighted by Gasteiger charge is 2.18. The van der Waals surface area contributed by atoms with Crippen LogP contribution < -0.4 is 0 Å². The summed E-state index contributed by atoms with van der Waals surface area (Å²) >= 11 is 1.35. The van der Waals surface area contributed by atoms with Crippen molar-refractivity contribution in [1.82, 2.24) is 24.8 Å². The van der Waals surface area contributed by atoms with Gasteiger partial charge in [0, 0.05) is 23.5 Å². The molecular weight excluding hydrogens is 358 g/mol. The van der Waals surface area contributed by atoms with Crippen molar-refractivity contribution in [2.45, 2.75) is 39.4 Å². The smallest absolute Gasteiger partial charge is 0.214 e. The summed E-state index contributed by atoms with van der Waals surface area (Å²) in [5, 5.41) is 12.6. The molecule has 0 amide bonds. The zero-order valence-corrected chi connectivity index (χ0v) is 16.9. The number of rotatable bonds is 7. The van der Waals surface area contributed by atoms with E-state index in [1.165, 1.54) is 11.8 Å². The number of hydrogen-bond acceptors (Lipinski definition) is 5. The summed E-state index contributed by atoms with van der Waals surface area (Å²) in [5.74, 6) is 0.350. The summed E-state index contributed by atoms with van der Waals surface area (Å²) in [7, 11) is 0. The average Bonchev–Trinajstić information content (AvgIpc) is 3.21. The van der Waals surface area contributed by atoms with Crippen molar-refractivity contribution in [2.75, 3.05) is 5.75 Å². The predicted molar refractivity (Wildman–Crippen MR) is 108 cm³/mol. The van der Waals surface area contributed by atoms with E-state index in [1.807, 2.05) is 52.0 Å². The molecule has 1 aromatic carbocycles. The number of nitrogens with zero attached hydrogens (tertiary/aromatic N) is 5. The summed E-state index contributed by atoms with van der Waals surface area (Å²) in [6.07, 6.45) is 1.83. The lowest BCUT2D eigenvalue weighted by atomic mass is 10.1. The molecule has 0 aliphatic carbocycles. The molecular formula is C20H23N5OS. The number of benzene rings is 1. The van der Waals surface area contributed by atoms with E-state index >= 15 is 0 Å². The Hall–Kier alpha value is -2.67. The van der Waals surface area contributed by atoms with Crippen LogP contribution in [0.1, 0.15) is 32.9 Å². The minimum atomic E-state index is 0.0685. The zero-order chi connectivity index (χ0) is 19.6. The van der Waals surface area contributed by atoms with Gasteiger partial charge in [0.05, 0.1) is 11.4 Å². The van der Waals surface area contributed by atoms with Crippen LogP contribution in [0.5, 0.6) is 0 Å². The molecule has 27 heavy (non-hydrogen) atoms. The maximum atomic E-state index is 12.8. The highest BCUT2D eigenvalue weighted by atomic mass is 32.2. The Morgan fingerprint density at radius 2 is 2.00 bits per heavy atom. The van der Waals surface area contributed by atoms with Crippen LogP contribution in [0.25, 0.3) is 5.69 Å². The summed E-state index contributed by atoms with van der Waals surface area (Å²) in [4.78, 5) is 12.8. The molecule has 0 radical (unpaired) electrons. The largest absolute Gasteiger partial charge is 0.345 e. The van der Waals surface area contributed by atoms with Gasteiger partial charge in [0.15, 0.2) is 5.78 Å². The average molecular weight is 382 g/mol. The maximum Gasteiger partial charge on any atom is 0.214 e. The first kappa shape index (κ1) is 19.1. The van der Waals surface area contributed by atoms with Crippen LogP contribution in [-0.2, 0) is 6.54 Å². The standard InChI is InChI=1S/C20H23N5OS/c1-6-9-24-15(4)11-17(16(24)5)19(26)12-27-20-21-22-23-25(20)18-10-13(2)7-8-14(18)3/h6-8,10-11H,1,9,12H2,2-5H3. The molecule has 2 heterocycles. The van der Waals surface area contributed by atoms with Crippen molar-refractivity contribution in [3.8, 4) is 5.69 Å². The second-order valence-corrected chi connectivity index (χ2v) is 7.50. The molecule has 140 valence electrons. The lowest BCUT2D eigenvalue weighted by Gasteiger charge is -2.08. The fourth-order valence-corrected chi connectivity index (χ4v) is 3.84. The third kappa shape index (κ3) is 3.88. The van der Waals surface area contributed by atoms with E-state index in [1.54, 1.807) is 4.68 Å². The minimum Gasteiger partial charge on any atom is -0.345 e. The van der Waals surface area contributed by atoms with Crippen molar-refractivity contribution in [3.05, 3.63) is 65.0 Å². The number of aromatic nitrogens is 5. The Balaban J connectivity index is 1.80. The van der Waals surface area contributed by atoms with Crippen LogP contribution in [0, 0.1) is 27.7 Å². The van der Waals surface area contributed by atoms with Crippen molar-refractivity contribution in [3.63, 3.8) is 0 Å². The highest BCUT2D eigenvalue weighted by Crippen LogP contribution is 2.24. The van der Waals surface area contributed by atoms with Gasteiger partial charge >= 0.3 is 0 Å². The Bertz CT molecular complexity index is 1000. The van der Waals surface area contributed by atoms with E-state index in [0.29, 0.717) is 11.7 Å². The number of aryl methyl sites for hydroxylation is 3. The molecule has 0 fully saturated rings. The molecule has 3 aromatic rings. The lowest BCUT2D eigenvalue weighted by Crippen LogP contribution is -2.08. The SMILES string of the molecule is C=CCn1c(C)cc(C(=O)CSc2nnnn2-c2cc(C)ccc2C)c1C. The van der Waals surface area contributed by atoms with Gasteiger partial charge < -0.3 is 4.57 Å². The number of allylic oxidation sites excluding steroid dienone is 1. The van der Waals surface area contributed by atoms with Gasteiger partial charge in [0.1, 0.15) is 0 Å². The summed E-state index contributed by atoms with van der Waals surface area (Å²) in [6.45, 7) is 12.5. The fourth-order valence-electron chi connectivity index (χ4n) is 3.07. The maximum absolute atomic E-state index is 12.8. The predicted octanol–water partition coefficient (Wildman–Crippen LogP) is 3.86. The molecule has 7 heteroatoms. The van der Waals surface area contributed by atoms with Gasteiger partial charge in [-0.15, -0.1) is 11.7 Å². The molecule has 0 N–H and O–H groups in total. The van der Waals surface area contributed by atoms with Crippen LogP contribution >= 0.6 is 11.8 Å². The first-order valence-electron chi connectivity index (χ1n) is 8.72. The Morgan fingerprint density at radius 1 is 1.22 bits per heavy atom. The molecule has 3 rings (SSSR count). The molecule has 2 aromatic heterocycles. The highest BCUT2D eigenvalue weighted by molar-refractivity contribution is 7.99. The zero-order valence-electron chi connectivity index (χ0n) is 16.1. The van der Waals surface area contributed by atoms with E-state index in [4.69, 9.17) is 0 Å². The molecule has 0 aliphatic heterocycles. The number of hydrogen-bond donors (Lipinski definition) is 0. The monoisotopic (exact) mass is 381 g/mol. The van der Waals surface area contributed by atoms with Gasteiger partial charge in [-0.1, -0.05) is 30.0 Å². The quantitative estimate of drug-likeness (QED) is 0.353. The molecule has 0 bridgehead atoms. The molecule has 0 aliphatic rings. The van der Waals surface area contributed by atoms with E-state index in [9.17, 15) is 4.79 Å². The second kappa shape index (κ2) is 7.92. The summed E-state index contributed by atoms with van der Waals surface area (Å²) in [5.41, 5.74) is 5.90. The van der Waals surface area contributed by atoms with Crippen molar-refractivity contribution in [1.29, 1.82) is 0 Å². The Kier molecular flexibility index (Phi) is 5.60. The molecule has 0 unspecified atom stereocenters. The second-order valence-electron chi connectivity index (χ2n) is 6.56. The van der Waals surface area contributed by atoms with Crippen LogP contribution in [0.3, 0.4) is 0 Å². The van der Waals surface area contributed by atoms with Crippen LogP contribution in [-0.4, -0.2) is 36.3 Å². The minimum absolute atomic E-state index is 0.0685. The normalized spacial score (nSPS) is 11.0. The van der Waals surface area contributed by atoms with Crippen molar-refractivity contribution < 1.29 is 4.79 Å². The van der Waals surface area contributed by atoms with Gasteiger partial charge in [-0.3, -0.25) is 4.79 Å². The molecule has 0 saturated heterocycles. The van der Waals surface area contributed by atoms with E-state index in [2.05, 4.69) is 32.7 Å². The first-order valence-corrected chi connectivity index (χ1v) is 9.70. The van der Waals surface area contributed by atoms with Crippen LogP contribution in [0.4, 0.5) is 0 Å². The Labute approximate surface area is 163 Å². The number of tetrazole rings is 1. The van der Waals surface area contributed by atoms with Gasteiger partial charge in [-0.05, 0) is 61.4 Å². The first-order chi connectivity index (χ1) is 12.9. The molecule has 0 saturated carbocycles.